The maximum Gasteiger partial charge on any atom is 0.0577 e. The van der Waals surface area contributed by atoms with Gasteiger partial charge >= 0.3 is 0 Å². The van der Waals surface area contributed by atoms with Crippen molar-refractivity contribution in [2.75, 3.05) is 6.54 Å². The highest BCUT2D eigenvalue weighted by atomic mass is 16.3. The van der Waals surface area contributed by atoms with E-state index in [4.69, 9.17) is 0 Å². The lowest BCUT2D eigenvalue weighted by Crippen LogP contribution is -2.53. The summed E-state index contributed by atoms with van der Waals surface area (Å²) in [7, 11) is 0. The van der Waals surface area contributed by atoms with Crippen LogP contribution in [0.2, 0.25) is 0 Å². The number of fused-ring (bicyclic) bond motifs is 5. The Hall–Kier alpha value is -1.28. The minimum Gasteiger partial charge on any atom is -0.393 e. The molecule has 2 nitrogen and oxygen atoms in total. The van der Waals surface area contributed by atoms with Crippen molar-refractivity contribution < 1.29 is 5.11 Å². The molecular weight excluding hydrogens is 330 g/mol. The Morgan fingerprint density at radius 3 is 2.67 bits per heavy atom. The van der Waals surface area contributed by atoms with E-state index in [0.29, 0.717) is 16.7 Å². The van der Waals surface area contributed by atoms with Crippen LogP contribution in [0.5, 0.6) is 0 Å². The lowest BCUT2D eigenvalue weighted by Gasteiger charge is -2.59. The summed E-state index contributed by atoms with van der Waals surface area (Å²) in [4.78, 5) is 2.49. The number of aliphatic hydroxyl groups is 1. The first kappa shape index (κ1) is 17.8. The summed E-state index contributed by atoms with van der Waals surface area (Å²) in [5.74, 6) is 2.98. The maximum absolute atomic E-state index is 10.2. The van der Waals surface area contributed by atoms with Gasteiger partial charge in [-0.15, -0.1) is 0 Å². The molecule has 5 aliphatic rings. The second-order valence-corrected chi connectivity index (χ2v) is 10.4. The zero-order chi connectivity index (χ0) is 18.8. The molecule has 0 amide bonds. The van der Waals surface area contributed by atoms with E-state index in [1.54, 1.807) is 11.3 Å². The number of hydrogen-bond donors (Lipinski definition) is 1. The third-order valence-corrected chi connectivity index (χ3v) is 9.07. The van der Waals surface area contributed by atoms with Crippen LogP contribution >= 0.6 is 0 Å². The van der Waals surface area contributed by atoms with Gasteiger partial charge in [0.1, 0.15) is 0 Å². The standard InChI is InChI=1S/C25H35NO/c1-17-15-18-16-19(27)9-11-24(18,2)21-10-12-25(3)20(23(17)21)7-8-22(25)26-13-5-4-6-14-26/h4-6,8,13,15,17,19-21,23,27H,7,9-12,14,16H2,1-3H3/t17?,19-,20-,21-,23-,24-,25-/m0/s1. The monoisotopic (exact) mass is 365 g/mol. The van der Waals surface area contributed by atoms with E-state index in [2.05, 4.69) is 62.3 Å². The first-order valence-electron chi connectivity index (χ1n) is 11.1. The summed E-state index contributed by atoms with van der Waals surface area (Å²) in [5, 5.41) is 10.2. The van der Waals surface area contributed by atoms with Crippen LogP contribution in [-0.2, 0) is 0 Å². The molecule has 5 rings (SSSR count). The summed E-state index contributed by atoms with van der Waals surface area (Å²) >= 11 is 0. The number of rotatable bonds is 1. The van der Waals surface area contributed by atoms with Gasteiger partial charge in [-0.3, -0.25) is 0 Å². The normalized spacial score (nSPS) is 48.4. The molecule has 146 valence electrons. The van der Waals surface area contributed by atoms with Crippen LogP contribution in [0.1, 0.15) is 59.3 Å². The van der Waals surface area contributed by atoms with Crippen LogP contribution in [0.4, 0.5) is 0 Å². The Balaban J connectivity index is 1.48. The SMILES string of the molecule is CC1C=C2C[C@@H](O)CC[C@]2(C)[C@H]2CC[C@]3(C)C(N4C=CC=CC4)=CC[C@H]3[C@H]12. The van der Waals surface area contributed by atoms with Crippen LogP contribution < -0.4 is 0 Å². The van der Waals surface area contributed by atoms with Crippen LogP contribution in [0.15, 0.2) is 47.9 Å². The van der Waals surface area contributed by atoms with E-state index >= 15 is 0 Å². The average Bonchev–Trinajstić information content (AvgIpc) is 3.01. The molecule has 0 aromatic carbocycles. The van der Waals surface area contributed by atoms with Crippen molar-refractivity contribution in [3.8, 4) is 0 Å². The lowest BCUT2D eigenvalue weighted by atomic mass is 9.46. The van der Waals surface area contributed by atoms with E-state index < -0.39 is 0 Å². The Labute approximate surface area is 164 Å². The summed E-state index contributed by atoms with van der Waals surface area (Å²) in [6, 6.07) is 0. The van der Waals surface area contributed by atoms with Crippen LogP contribution in [0.3, 0.4) is 0 Å². The number of hydrogen-bond acceptors (Lipinski definition) is 2. The molecule has 0 bridgehead atoms. The fourth-order valence-corrected chi connectivity index (χ4v) is 7.64. The minimum absolute atomic E-state index is 0.111. The van der Waals surface area contributed by atoms with Crippen molar-refractivity contribution in [1.82, 2.24) is 4.90 Å². The van der Waals surface area contributed by atoms with Crippen molar-refractivity contribution >= 4 is 0 Å². The molecule has 1 heterocycles. The van der Waals surface area contributed by atoms with Crippen LogP contribution in [0.25, 0.3) is 0 Å². The minimum atomic E-state index is -0.111. The molecule has 0 spiro atoms. The molecule has 2 fully saturated rings. The first-order valence-corrected chi connectivity index (χ1v) is 11.1. The van der Waals surface area contributed by atoms with Gasteiger partial charge < -0.3 is 10.0 Å². The number of nitrogens with zero attached hydrogens (tertiary/aromatic N) is 1. The molecule has 0 aromatic heterocycles. The lowest BCUT2D eigenvalue weighted by molar-refractivity contribution is -0.0522. The van der Waals surface area contributed by atoms with Gasteiger partial charge in [0.25, 0.3) is 0 Å². The third-order valence-electron chi connectivity index (χ3n) is 9.07. The molecule has 0 radical (unpaired) electrons. The summed E-state index contributed by atoms with van der Waals surface area (Å²) in [6.07, 6.45) is 20.9. The van der Waals surface area contributed by atoms with Gasteiger partial charge in [0.2, 0.25) is 0 Å². The quantitative estimate of drug-likeness (QED) is 0.626. The second-order valence-electron chi connectivity index (χ2n) is 10.4. The zero-order valence-corrected chi connectivity index (χ0v) is 17.2. The van der Waals surface area contributed by atoms with Gasteiger partial charge in [0.15, 0.2) is 0 Å². The summed E-state index contributed by atoms with van der Waals surface area (Å²) in [5.41, 5.74) is 3.81. The smallest absolute Gasteiger partial charge is 0.0577 e. The van der Waals surface area contributed by atoms with Crippen molar-refractivity contribution in [2.24, 2.45) is 34.5 Å². The maximum atomic E-state index is 10.2. The largest absolute Gasteiger partial charge is 0.393 e. The van der Waals surface area contributed by atoms with Crippen LogP contribution in [0, 0.1) is 34.5 Å². The Kier molecular flexibility index (Phi) is 4.03. The molecule has 0 aromatic rings. The number of allylic oxidation sites excluding steroid dienone is 5. The molecule has 27 heavy (non-hydrogen) atoms. The molecule has 1 unspecified atom stereocenters. The fourth-order valence-electron chi connectivity index (χ4n) is 7.64. The van der Waals surface area contributed by atoms with Gasteiger partial charge in [-0.2, -0.15) is 0 Å². The van der Waals surface area contributed by atoms with Crippen molar-refractivity contribution in [3.05, 3.63) is 47.9 Å². The summed E-state index contributed by atoms with van der Waals surface area (Å²) < 4.78 is 0. The van der Waals surface area contributed by atoms with E-state index in [1.807, 2.05) is 0 Å². The highest BCUT2D eigenvalue weighted by Crippen LogP contribution is 2.66. The first-order chi connectivity index (χ1) is 12.9. The van der Waals surface area contributed by atoms with Gasteiger partial charge in [-0.1, -0.05) is 50.6 Å². The highest BCUT2D eigenvalue weighted by Gasteiger charge is 2.58. The summed E-state index contributed by atoms with van der Waals surface area (Å²) in [6.45, 7) is 8.56. The molecule has 1 aliphatic heterocycles. The topological polar surface area (TPSA) is 23.5 Å². The molecule has 7 atom stereocenters. The van der Waals surface area contributed by atoms with Crippen molar-refractivity contribution in [3.63, 3.8) is 0 Å². The zero-order valence-electron chi connectivity index (χ0n) is 17.2. The Morgan fingerprint density at radius 1 is 1.07 bits per heavy atom. The molecule has 2 saturated carbocycles. The molecule has 2 heteroatoms. The molecular formula is C25H35NO. The van der Waals surface area contributed by atoms with E-state index in [1.165, 1.54) is 25.7 Å². The van der Waals surface area contributed by atoms with Gasteiger partial charge in [-0.25, -0.2) is 0 Å². The van der Waals surface area contributed by atoms with Gasteiger partial charge in [0.05, 0.1) is 6.10 Å². The molecule has 0 saturated heterocycles. The predicted octanol–water partition coefficient (Wildman–Crippen LogP) is 5.44. The van der Waals surface area contributed by atoms with Crippen molar-refractivity contribution in [2.45, 2.75) is 65.4 Å². The van der Waals surface area contributed by atoms with E-state index in [0.717, 1.165) is 37.1 Å². The van der Waals surface area contributed by atoms with E-state index in [-0.39, 0.29) is 6.10 Å². The fraction of sp³-hybridized carbons (Fsp3) is 0.680. The third kappa shape index (κ3) is 2.48. The average molecular weight is 366 g/mol. The van der Waals surface area contributed by atoms with Crippen LogP contribution in [-0.4, -0.2) is 22.7 Å². The van der Waals surface area contributed by atoms with Gasteiger partial charge in [-0.05, 0) is 73.7 Å². The van der Waals surface area contributed by atoms with Gasteiger partial charge in [0, 0.05) is 23.9 Å². The van der Waals surface area contributed by atoms with Crippen molar-refractivity contribution in [1.29, 1.82) is 0 Å². The number of aliphatic hydroxyl groups excluding tert-OH is 1. The van der Waals surface area contributed by atoms with E-state index in [9.17, 15) is 5.11 Å². The predicted molar refractivity (Wildman–Crippen MR) is 111 cm³/mol. The molecule has 1 N–H and O–H groups in total. The highest BCUT2D eigenvalue weighted by molar-refractivity contribution is 5.32. The second kappa shape index (κ2) is 6.11. The molecule has 4 aliphatic carbocycles. The Morgan fingerprint density at radius 2 is 1.89 bits per heavy atom. The Bertz CT molecular complexity index is 745.